The number of hydrogen-bond donors (Lipinski definition) is 1. The summed E-state index contributed by atoms with van der Waals surface area (Å²) in [6.07, 6.45) is 2.81. The van der Waals surface area contributed by atoms with Crippen molar-refractivity contribution in [2.24, 2.45) is 0 Å². The third-order valence-electron chi connectivity index (χ3n) is 3.19. The van der Waals surface area contributed by atoms with Crippen LogP contribution >= 0.6 is 0 Å². The number of aromatic nitrogens is 3. The summed E-state index contributed by atoms with van der Waals surface area (Å²) in [4.78, 5) is 13.8. The molecule has 0 aromatic carbocycles. The van der Waals surface area contributed by atoms with Gasteiger partial charge >= 0.3 is 0 Å². The summed E-state index contributed by atoms with van der Waals surface area (Å²) in [6.45, 7) is 7.24. The van der Waals surface area contributed by atoms with Crippen LogP contribution in [-0.4, -0.2) is 52.0 Å². The van der Waals surface area contributed by atoms with Crippen LogP contribution in [0.4, 0.5) is 0 Å². The van der Waals surface area contributed by atoms with Gasteiger partial charge in [-0.05, 0) is 26.8 Å². The molecule has 0 aliphatic carbocycles. The number of nitrogens with one attached hydrogen (secondary N) is 1. The van der Waals surface area contributed by atoms with Crippen molar-refractivity contribution in [1.82, 2.24) is 25.2 Å². The minimum Gasteiger partial charge on any atom is -0.338 e. The number of hydrogen-bond acceptors (Lipinski definition) is 4. The van der Waals surface area contributed by atoms with Crippen molar-refractivity contribution in [3.8, 4) is 0 Å². The van der Waals surface area contributed by atoms with Gasteiger partial charge in [-0.3, -0.25) is 4.79 Å². The van der Waals surface area contributed by atoms with Crippen molar-refractivity contribution in [3.05, 3.63) is 11.9 Å². The SMILES string of the molecule is CCN(CC)C(=O)c1cn([C@H]2CCNC2)nn1. The van der Waals surface area contributed by atoms with Gasteiger partial charge in [-0.2, -0.15) is 0 Å². The van der Waals surface area contributed by atoms with E-state index in [0.29, 0.717) is 24.8 Å². The molecular formula is C11H19N5O. The summed E-state index contributed by atoms with van der Waals surface area (Å²) >= 11 is 0. The van der Waals surface area contributed by atoms with Gasteiger partial charge in [0.25, 0.3) is 5.91 Å². The third kappa shape index (κ3) is 2.46. The lowest BCUT2D eigenvalue weighted by atomic mass is 10.3. The largest absolute Gasteiger partial charge is 0.338 e. The van der Waals surface area contributed by atoms with Gasteiger partial charge < -0.3 is 10.2 Å². The van der Waals surface area contributed by atoms with Crippen LogP contribution in [0.2, 0.25) is 0 Å². The van der Waals surface area contributed by atoms with E-state index in [2.05, 4.69) is 15.6 Å². The second-order valence-corrected chi connectivity index (χ2v) is 4.21. The smallest absolute Gasteiger partial charge is 0.276 e. The van der Waals surface area contributed by atoms with E-state index in [1.54, 1.807) is 15.8 Å². The number of amides is 1. The molecule has 17 heavy (non-hydrogen) atoms. The predicted molar refractivity (Wildman–Crippen MR) is 63.8 cm³/mol. The van der Waals surface area contributed by atoms with Gasteiger partial charge in [-0.15, -0.1) is 5.10 Å². The first-order chi connectivity index (χ1) is 8.26. The lowest BCUT2D eigenvalue weighted by molar-refractivity contribution is 0.0767. The van der Waals surface area contributed by atoms with Crippen LogP contribution in [0.1, 0.15) is 36.8 Å². The number of rotatable bonds is 4. The first-order valence-electron chi connectivity index (χ1n) is 6.18. The Morgan fingerprint density at radius 3 is 2.94 bits per heavy atom. The average molecular weight is 237 g/mol. The highest BCUT2D eigenvalue weighted by Gasteiger charge is 2.21. The number of nitrogens with zero attached hydrogens (tertiary/aromatic N) is 4. The fourth-order valence-corrected chi connectivity index (χ4v) is 2.09. The Morgan fingerprint density at radius 2 is 2.35 bits per heavy atom. The van der Waals surface area contributed by atoms with Gasteiger partial charge in [0.05, 0.1) is 12.2 Å². The summed E-state index contributed by atoms with van der Waals surface area (Å²) in [5, 5.41) is 11.3. The van der Waals surface area contributed by atoms with E-state index in [1.165, 1.54) is 0 Å². The lowest BCUT2D eigenvalue weighted by Crippen LogP contribution is -2.30. The molecular weight excluding hydrogens is 218 g/mol. The summed E-state index contributed by atoms with van der Waals surface area (Å²) in [5.74, 6) is -0.0350. The highest BCUT2D eigenvalue weighted by atomic mass is 16.2. The molecule has 2 heterocycles. The Kier molecular flexibility index (Phi) is 3.73. The second kappa shape index (κ2) is 5.27. The van der Waals surface area contributed by atoms with E-state index in [0.717, 1.165) is 19.5 Å². The fraction of sp³-hybridized carbons (Fsp3) is 0.727. The monoisotopic (exact) mass is 237 g/mol. The van der Waals surface area contributed by atoms with Crippen molar-refractivity contribution in [3.63, 3.8) is 0 Å². The average Bonchev–Trinajstić information content (AvgIpc) is 3.01. The Hall–Kier alpha value is -1.43. The molecule has 1 saturated heterocycles. The molecule has 6 heteroatoms. The molecule has 1 N–H and O–H groups in total. The normalized spacial score (nSPS) is 19.5. The van der Waals surface area contributed by atoms with Crippen LogP contribution in [0.25, 0.3) is 0 Å². The fourth-order valence-electron chi connectivity index (χ4n) is 2.09. The van der Waals surface area contributed by atoms with Gasteiger partial charge in [0, 0.05) is 19.6 Å². The molecule has 0 bridgehead atoms. The van der Waals surface area contributed by atoms with Crippen molar-refractivity contribution in [2.75, 3.05) is 26.2 Å². The maximum Gasteiger partial charge on any atom is 0.276 e. The van der Waals surface area contributed by atoms with Crippen molar-refractivity contribution < 1.29 is 4.79 Å². The van der Waals surface area contributed by atoms with Crippen molar-refractivity contribution in [2.45, 2.75) is 26.3 Å². The van der Waals surface area contributed by atoms with Crippen LogP contribution in [0.5, 0.6) is 0 Å². The van der Waals surface area contributed by atoms with E-state index in [1.807, 2.05) is 13.8 Å². The van der Waals surface area contributed by atoms with Crippen LogP contribution in [0.15, 0.2) is 6.20 Å². The van der Waals surface area contributed by atoms with E-state index < -0.39 is 0 Å². The minimum absolute atomic E-state index is 0.0350. The van der Waals surface area contributed by atoms with Crippen LogP contribution < -0.4 is 5.32 Å². The molecule has 0 unspecified atom stereocenters. The van der Waals surface area contributed by atoms with E-state index in [9.17, 15) is 4.79 Å². The van der Waals surface area contributed by atoms with E-state index >= 15 is 0 Å². The molecule has 94 valence electrons. The highest BCUT2D eigenvalue weighted by molar-refractivity contribution is 5.91. The lowest BCUT2D eigenvalue weighted by Gasteiger charge is -2.16. The summed E-state index contributed by atoms with van der Waals surface area (Å²) < 4.78 is 1.80. The summed E-state index contributed by atoms with van der Waals surface area (Å²) in [7, 11) is 0. The quantitative estimate of drug-likeness (QED) is 0.818. The molecule has 6 nitrogen and oxygen atoms in total. The molecule has 1 amide bonds. The minimum atomic E-state index is -0.0350. The van der Waals surface area contributed by atoms with Gasteiger partial charge in [0.15, 0.2) is 5.69 Å². The maximum absolute atomic E-state index is 12.0. The van der Waals surface area contributed by atoms with Gasteiger partial charge in [0.1, 0.15) is 0 Å². The first-order valence-corrected chi connectivity index (χ1v) is 6.18. The highest BCUT2D eigenvalue weighted by Crippen LogP contribution is 2.13. The molecule has 1 aliphatic rings. The molecule has 1 fully saturated rings. The molecule has 1 aliphatic heterocycles. The van der Waals surface area contributed by atoms with Crippen LogP contribution in [0.3, 0.4) is 0 Å². The molecule has 1 aromatic heterocycles. The Labute approximate surface area is 101 Å². The predicted octanol–water partition coefficient (Wildman–Crippen LogP) is 0.295. The number of carbonyl (C=O) groups is 1. The van der Waals surface area contributed by atoms with E-state index in [4.69, 9.17) is 0 Å². The standard InChI is InChI=1S/C11H19N5O/c1-3-15(4-2)11(17)10-8-16(14-13-10)9-5-6-12-7-9/h8-9,12H,3-7H2,1-2H3/t9-/m0/s1. The Bertz CT molecular complexity index is 379. The van der Waals surface area contributed by atoms with Crippen LogP contribution in [-0.2, 0) is 0 Å². The molecule has 0 radical (unpaired) electrons. The number of carbonyl (C=O) groups excluding carboxylic acids is 1. The van der Waals surface area contributed by atoms with Gasteiger partial charge in [-0.25, -0.2) is 4.68 Å². The first kappa shape index (κ1) is 12.0. The van der Waals surface area contributed by atoms with Crippen LogP contribution in [0, 0.1) is 0 Å². The molecule has 0 spiro atoms. The summed E-state index contributed by atoms with van der Waals surface area (Å²) in [5.41, 5.74) is 0.445. The maximum atomic E-state index is 12.0. The molecule has 1 atom stereocenters. The molecule has 1 aromatic rings. The zero-order valence-electron chi connectivity index (χ0n) is 10.4. The Morgan fingerprint density at radius 1 is 1.59 bits per heavy atom. The summed E-state index contributed by atoms with van der Waals surface area (Å²) in [6, 6.07) is 0.334. The van der Waals surface area contributed by atoms with E-state index in [-0.39, 0.29) is 5.91 Å². The Balaban J connectivity index is 2.09. The zero-order chi connectivity index (χ0) is 12.3. The molecule has 0 saturated carbocycles. The third-order valence-corrected chi connectivity index (χ3v) is 3.19. The van der Waals surface area contributed by atoms with Gasteiger partial charge in [0.2, 0.25) is 0 Å². The van der Waals surface area contributed by atoms with Crippen molar-refractivity contribution >= 4 is 5.91 Å². The zero-order valence-corrected chi connectivity index (χ0v) is 10.4. The van der Waals surface area contributed by atoms with Crippen molar-refractivity contribution in [1.29, 1.82) is 0 Å². The topological polar surface area (TPSA) is 63.1 Å². The second-order valence-electron chi connectivity index (χ2n) is 4.21. The van der Waals surface area contributed by atoms with Gasteiger partial charge in [-0.1, -0.05) is 5.21 Å². The molecule has 2 rings (SSSR count).